The highest BCUT2D eigenvalue weighted by molar-refractivity contribution is 6.03. The number of nitrogens with one attached hydrogen (secondary N) is 2. The number of carboxylic acid groups (broad SMARTS) is 1. The molecule has 9 nitrogen and oxygen atoms in total. The zero-order valence-electron chi connectivity index (χ0n) is 16.8. The number of rotatable bonds is 10. The Morgan fingerprint density at radius 1 is 1.22 bits per heavy atom. The Kier molecular flexibility index (Phi) is 7.87. The lowest BCUT2D eigenvalue weighted by atomic mass is 9.93. The molecule has 0 aliphatic rings. The summed E-state index contributed by atoms with van der Waals surface area (Å²) >= 11 is 0. The summed E-state index contributed by atoms with van der Waals surface area (Å²) in [5, 5.41) is 11.2. The lowest BCUT2D eigenvalue weighted by molar-refractivity contribution is -0.144. The molecule has 2 rings (SSSR count). The molecule has 0 radical (unpaired) electrons. The largest absolute Gasteiger partial charge is 0.480 e. The van der Waals surface area contributed by atoms with Crippen molar-refractivity contribution in [1.29, 1.82) is 0 Å². The summed E-state index contributed by atoms with van der Waals surface area (Å²) in [5.74, 6) is -4.32. The highest BCUT2D eigenvalue weighted by Crippen LogP contribution is 2.29. The van der Waals surface area contributed by atoms with Crippen molar-refractivity contribution >= 4 is 23.9 Å². The van der Waals surface area contributed by atoms with E-state index in [4.69, 9.17) is 10.8 Å². The molecular formula is C20H21F3N4O5. The number of H-pyrrole nitrogens is 1. The van der Waals surface area contributed by atoms with Gasteiger partial charge in [-0.25, -0.2) is 4.98 Å². The first-order valence-corrected chi connectivity index (χ1v) is 9.42. The number of amides is 1. The zero-order chi connectivity index (χ0) is 24.1. The first kappa shape index (κ1) is 24.7. The molecule has 2 aromatic rings. The van der Waals surface area contributed by atoms with Gasteiger partial charge in [-0.1, -0.05) is 12.1 Å². The second kappa shape index (κ2) is 10.2. The standard InChI is InChI=1S/C20H21F3N4O5/c1-10(17(29)13(9-28)16(24)19(31)32)26-18(30)14-8-25-15(27-14)7-4-11-2-5-12(6-3-11)20(21,22)23/h2-3,5-6,8-10,13,16H,4,7,24H2,1H3,(H,25,27)(H,26,30)(H,31,32)/t10-,13?,16?/m0/s1. The van der Waals surface area contributed by atoms with Crippen LogP contribution in [0.2, 0.25) is 0 Å². The van der Waals surface area contributed by atoms with E-state index < -0.39 is 47.4 Å². The number of benzene rings is 1. The van der Waals surface area contributed by atoms with Crippen molar-refractivity contribution in [1.82, 2.24) is 15.3 Å². The first-order chi connectivity index (χ1) is 14.9. The molecule has 5 N–H and O–H groups in total. The predicted octanol–water partition coefficient (Wildman–Crippen LogP) is 1.13. The molecule has 0 saturated heterocycles. The third-order valence-electron chi connectivity index (χ3n) is 4.73. The number of alkyl halides is 3. The van der Waals surface area contributed by atoms with E-state index in [0.29, 0.717) is 24.2 Å². The molecule has 1 aromatic carbocycles. The van der Waals surface area contributed by atoms with E-state index in [2.05, 4.69) is 15.3 Å². The van der Waals surface area contributed by atoms with Gasteiger partial charge in [0.2, 0.25) is 0 Å². The molecule has 0 fully saturated rings. The molecule has 2 unspecified atom stereocenters. The van der Waals surface area contributed by atoms with Crippen molar-refractivity contribution in [2.24, 2.45) is 11.7 Å². The highest BCUT2D eigenvalue weighted by Gasteiger charge is 2.34. The predicted molar refractivity (Wildman–Crippen MR) is 105 cm³/mol. The summed E-state index contributed by atoms with van der Waals surface area (Å²) in [6.07, 6.45) is -2.39. The van der Waals surface area contributed by atoms with Gasteiger partial charge in [0.15, 0.2) is 5.78 Å². The number of aromatic amines is 1. The van der Waals surface area contributed by atoms with E-state index in [0.717, 1.165) is 12.1 Å². The van der Waals surface area contributed by atoms with Crippen LogP contribution in [0.25, 0.3) is 0 Å². The maximum Gasteiger partial charge on any atom is 0.416 e. The van der Waals surface area contributed by atoms with Crippen molar-refractivity contribution in [3.05, 3.63) is 53.1 Å². The second-order valence-electron chi connectivity index (χ2n) is 7.06. The Labute approximate surface area is 180 Å². The number of hydrogen-bond acceptors (Lipinski definition) is 6. The maximum atomic E-state index is 12.6. The van der Waals surface area contributed by atoms with Crippen LogP contribution in [-0.4, -0.2) is 51.1 Å². The van der Waals surface area contributed by atoms with Crippen molar-refractivity contribution in [3.63, 3.8) is 0 Å². The number of halogens is 3. The van der Waals surface area contributed by atoms with E-state index >= 15 is 0 Å². The quantitative estimate of drug-likeness (QED) is 0.310. The second-order valence-corrected chi connectivity index (χ2v) is 7.06. The van der Waals surface area contributed by atoms with Crippen molar-refractivity contribution < 1.29 is 37.5 Å². The number of aliphatic carboxylic acids is 1. The number of aromatic nitrogens is 2. The SMILES string of the molecule is C[C@H](NC(=O)c1cnc(CCc2ccc(C(F)(F)F)cc2)[nH]1)C(=O)C(C=O)C(N)C(=O)O. The fourth-order valence-corrected chi connectivity index (χ4v) is 2.84. The average molecular weight is 454 g/mol. The molecule has 32 heavy (non-hydrogen) atoms. The molecule has 12 heteroatoms. The van der Waals surface area contributed by atoms with Crippen molar-refractivity contribution in [3.8, 4) is 0 Å². The Balaban J connectivity index is 1.95. The lowest BCUT2D eigenvalue weighted by Gasteiger charge is -2.18. The molecule has 0 aliphatic carbocycles. The van der Waals surface area contributed by atoms with Crippen LogP contribution < -0.4 is 11.1 Å². The average Bonchev–Trinajstić information content (AvgIpc) is 3.21. The maximum absolute atomic E-state index is 12.6. The minimum absolute atomic E-state index is 0.0113. The number of nitrogens with zero attached hydrogens (tertiary/aromatic N) is 1. The van der Waals surface area contributed by atoms with Crippen molar-refractivity contribution in [2.45, 2.75) is 38.0 Å². The Morgan fingerprint density at radius 2 is 1.84 bits per heavy atom. The highest BCUT2D eigenvalue weighted by atomic mass is 19.4. The van der Waals surface area contributed by atoms with Gasteiger partial charge in [0.25, 0.3) is 5.91 Å². The van der Waals surface area contributed by atoms with E-state index in [1.54, 1.807) is 0 Å². The number of hydrogen-bond donors (Lipinski definition) is 4. The zero-order valence-corrected chi connectivity index (χ0v) is 16.8. The Bertz CT molecular complexity index is 988. The van der Waals surface area contributed by atoms with Gasteiger partial charge in [-0.3, -0.25) is 14.4 Å². The molecule has 1 aromatic heterocycles. The van der Waals surface area contributed by atoms with Gasteiger partial charge in [0, 0.05) is 6.42 Å². The molecule has 0 aliphatic heterocycles. The molecule has 0 spiro atoms. The normalized spacial score (nSPS) is 14.3. The van der Waals surface area contributed by atoms with Crippen LogP contribution in [0.5, 0.6) is 0 Å². The van der Waals surface area contributed by atoms with Gasteiger partial charge in [0.05, 0.1) is 17.8 Å². The number of nitrogens with two attached hydrogens (primary N) is 1. The van der Waals surface area contributed by atoms with Crippen LogP contribution in [0.1, 0.15) is 34.4 Å². The number of carbonyl (C=O) groups excluding carboxylic acids is 3. The minimum atomic E-state index is -4.41. The third-order valence-corrected chi connectivity index (χ3v) is 4.73. The topological polar surface area (TPSA) is 155 Å². The summed E-state index contributed by atoms with van der Waals surface area (Å²) in [5.41, 5.74) is 5.24. The van der Waals surface area contributed by atoms with Gasteiger partial charge in [-0.05, 0) is 31.0 Å². The summed E-state index contributed by atoms with van der Waals surface area (Å²) < 4.78 is 37.8. The fourth-order valence-electron chi connectivity index (χ4n) is 2.84. The molecule has 1 amide bonds. The van der Waals surface area contributed by atoms with Crippen LogP contribution in [0.4, 0.5) is 13.2 Å². The van der Waals surface area contributed by atoms with E-state index in [1.165, 1.54) is 25.3 Å². The molecule has 0 saturated carbocycles. The van der Waals surface area contributed by atoms with E-state index in [-0.39, 0.29) is 12.0 Å². The first-order valence-electron chi connectivity index (χ1n) is 9.42. The van der Waals surface area contributed by atoms with E-state index in [1.807, 2.05) is 0 Å². The minimum Gasteiger partial charge on any atom is -0.480 e. The lowest BCUT2D eigenvalue weighted by Crippen LogP contribution is -2.50. The summed E-state index contributed by atoms with van der Waals surface area (Å²) in [6, 6.07) is 1.76. The number of aryl methyl sites for hydroxylation is 2. The molecule has 0 bridgehead atoms. The molecule has 1 heterocycles. The van der Waals surface area contributed by atoms with Crippen LogP contribution in [-0.2, 0) is 33.4 Å². The number of Topliss-reactive ketones (excluding diaryl/α,β-unsaturated/α-hetero) is 1. The van der Waals surface area contributed by atoms with Crippen LogP contribution in [0.15, 0.2) is 30.5 Å². The monoisotopic (exact) mass is 454 g/mol. The Morgan fingerprint density at radius 3 is 2.38 bits per heavy atom. The number of imidazole rings is 1. The summed E-state index contributed by atoms with van der Waals surface area (Å²) in [6.45, 7) is 1.28. The number of carbonyl (C=O) groups is 4. The van der Waals surface area contributed by atoms with Crippen LogP contribution in [0.3, 0.4) is 0 Å². The van der Waals surface area contributed by atoms with Crippen LogP contribution >= 0.6 is 0 Å². The van der Waals surface area contributed by atoms with Gasteiger partial charge >= 0.3 is 12.1 Å². The van der Waals surface area contributed by atoms with Gasteiger partial charge in [-0.15, -0.1) is 0 Å². The summed E-state index contributed by atoms with van der Waals surface area (Å²) in [7, 11) is 0. The smallest absolute Gasteiger partial charge is 0.416 e. The number of aldehydes is 1. The van der Waals surface area contributed by atoms with Gasteiger partial charge in [-0.2, -0.15) is 13.2 Å². The van der Waals surface area contributed by atoms with Gasteiger partial charge in [0.1, 0.15) is 29.8 Å². The summed E-state index contributed by atoms with van der Waals surface area (Å²) in [4.78, 5) is 53.3. The van der Waals surface area contributed by atoms with Crippen LogP contribution in [0, 0.1) is 5.92 Å². The molecular weight excluding hydrogens is 433 g/mol. The number of carboxylic acids is 1. The number of ketones is 1. The third kappa shape index (κ3) is 6.23. The Hall–Kier alpha value is -3.54. The molecule has 3 atom stereocenters. The van der Waals surface area contributed by atoms with Crippen molar-refractivity contribution in [2.75, 3.05) is 0 Å². The van der Waals surface area contributed by atoms with Gasteiger partial charge < -0.3 is 25.9 Å². The fraction of sp³-hybridized carbons (Fsp3) is 0.350. The van der Waals surface area contributed by atoms with E-state index in [9.17, 15) is 32.3 Å². The molecule has 172 valence electrons.